The summed E-state index contributed by atoms with van der Waals surface area (Å²) in [4.78, 5) is 25.0. The van der Waals surface area contributed by atoms with Gasteiger partial charge in [0.05, 0.1) is 12.1 Å². The average Bonchev–Trinajstić information content (AvgIpc) is 2.88. The van der Waals surface area contributed by atoms with Gasteiger partial charge in [0.25, 0.3) is 0 Å². The molecular formula is C28H26ClFN4O3. The molecule has 1 aliphatic heterocycles. The van der Waals surface area contributed by atoms with Crippen LogP contribution >= 0.6 is 11.6 Å². The van der Waals surface area contributed by atoms with E-state index in [1.807, 2.05) is 43.0 Å². The Hall–Kier alpha value is -3.91. The number of aromatic hydroxyl groups is 1. The van der Waals surface area contributed by atoms with Crippen molar-refractivity contribution in [1.29, 1.82) is 0 Å². The van der Waals surface area contributed by atoms with Crippen molar-refractivity contribution in [3.8, 4) is 22.9 Å². The molecule has 7 nitrogen and oxygen atoms in total. The Labute approximate surface area is 218 Å². The van der Waals surface area contributed by atoms with Crippen LogP contribution in [0, 0.1) is 5.82 Å². The molecule has 0 unspecified atom stereocenters. The summed E-state index contributed by atoms with van der Waals surface area (Å²) in [6.45, 7) is 8.43. The fourth-order valence-corrected chi connectivity index (χ4v) is 5.36. The Bertz CT molecular complexity index is 1560. The maximum Gasteiger partial charge on any atom is 0.318 e. The summed E-state index contributed by atoms with van der Waals surface area (Å²) in [6, 6.07) is 11.9. The fourth-order valence-electron chi connectivity index (χ4n) is 5.06. The van der Waals surface area contributed by atoms with Gasteiger partial charge < -0.3 is 19.6 Å². The maximum atomic E-state index is 16.3. The van der Waals surface area contributed by atoms with Gasteiger partial charge in [-0.25, -0.2) is 4.39 Å². The highest BCUT2D eigenvalue weighted by atomic mass is 35.5. The first-order valence-electron chi connectivity index (χ1n) is 11.9. The van der Waals surface area contributed by atoms with Crippen LogP contribution in [0.25, 0.3) is 32.8 Å². The molecular weight excluding hydrogens is 495 g/mol. The van der Waals surface area contributed by atoms with Gasteiger partial charge >= 0.3 is 6.01 Å². The van der Waals surface area contributed by atoms with E-state index in [4.69, 9.17) is 16.3 Å². The Morgan fingerprint density at radius 3 is 2.65 bits per heavy atom. The van der Waals surface area contributed by atoms with Crippen molar-refractivity contribution in [3.63, 3.8) is 0 Å². The van der Waals surface area contributed by atoms with E-state index in [1.54, 1.807) is 17.0 Å². The van der Waals surface area contributed by atoms with E-state index in [9.17, 15) is 9.90 Å². The van der Waals surface area contributed by atoms with Crippen molar-refractivity contribution < 1.29 is 19.0 Å². The SMILES string of the molecule is C=CC(=O)N1C[C@H](C)N(c2nc(OC)nc3c(F)c(-c4cc(O)cc5ccccc45)c(Cl)cc23)C[C@H]1C. The van der Waals surface area contributed by atoms with Crippen molar-refractivity contribution in [2.45, 2.75) is 25.9 Å². The third kappa shape index (κ3) is 4.21. The van der Waals surface area contributed by atoms with Crippen molar-refractivity contribution in [3.05, 3.63) is 66.0 Å². The molecule has 190 valence electrons. The smallest absolute Gasteiger partial charge is 0.318 e. The number of anilines is 1. The molecule has 0 saturated carbocycles. The number of hydrogen-bond acceptors (Lipinski definition) is 6. The number of carbonyl (C=O) groups excluding carboxylic acids is 1. The van der Waals surface area contributed by atoms with E-state index in [1.165, 1.54) is 19.3 Å². The van der Waals surface area contributed by atoms with Gasteiger partial charge in [-0.2, -0.15) is 9.97 Å². The van der Waals surface area contributed by atoms with Crippen LogP contribution in [-0.4, -0.2) is 58.2 Å². The largest absolute Gasteiger partial charge is 0.508 e. The molecule has 5 rings (SSSR count). The molecule has 3 aromatic carbocycles. The highest BCUT2D eigenvalue weighted by Crippen LogP contribution is 2.42. The topological polar surface area (TPSA) is 78.8 Å². The zero-order chi connectivity index (χ0) is 26.4. The predicted molar refractivity (Wildman–Crippen MR) is 144 cm³/mol. The van der Waals surface area contributed by atoms with Gasteiger partial charge in [0.15, 0.2) is 5.82 Å². The predicted octanol–water partition coefficient (Wildman–Crippen LogP) is 5.57. The molecule has 4 aromatic rings. The number of fused-ring (bicyclic) bond motifs is 2. The summed E-state index contributed by atoms with van der Waals surface area (Å²) in [6.07, 6.45) is 1.31. The molecule has 1 amide bonds. The second-order valence-electron chi connectivity index (χ2n) is 9.24. The zero-order valence-corrected chi connectivity index (χ0v) is 21.5. The molecule has 1 aliphatic rings. The fraction of sp³-hybridized carbons (Fsp3) is 0.250. The number of hydrogen-bond donors (Lipinski definition) is 1. The molecule has 2 heterocycles. The third-order valence-corrected chi connectivity index (χ3v) is 7.15. The molecule has 0 spiro atoms. The number of rotatable bonds is 4. The molecule has 2 atom stereocenters. The van der Waals surface area contributed by atoms with E-state index in [0.717, 1.165) is 10.8 Å². The number of nitrogens with zero attached hydrogens (tertiary/aromatic N) is 4. The third-order valence-electron chi connectivity index (χ3n) is 6.86. The number of phenolic OH excluding ortho intramolecular Hbond substituents is 1. The van der Waals surface area contributed by atoms with Crippen LogP contribution < -0.4 is 9.64 Å². The summed E-state index contributed by atoms with van der Waals surface area (Å²) in [7, 11) is 1.43. The Kier molecular flexibility index (Phi) is 6.37. The quantitative estimate of drug-likeness (QED) is 0.354. The molecule has 9 heteroatoms. The number of halogens is 2. The minimum Gasteiger partial charge on any atom is -0.508 e. The van der Waals surface area contributed by atoms with Gasteiger partial charge in [-0.1, -0.05) is 42.4 Å². The monoisotopic (exact) mass is 520 g/mol. The number of amides is 1. The molecule has 1 N–H and O–H groups in total. The van der Waals surface area contributed by atoms with Crippen molar-refractivity contribution in [1.82, 2.24) is 14.9 Å². The second-order valence-corrected chi connectivity index (χ2v) is 9.64. The van der Waals surface area contributed by atoms with Gasteiger partial charge in [-0.05, 0) is 54.5 Å². The van der Waals surface area contributed by atoms with E-state index in [2.05, 4.69) is 16.5 Å². The van der Waals surface area contributed by atoms with Gasteiger partial charge in [-0.3, -0.25) is 4.79 Å². The van der Waals surface area contributed by atoms with Crippen LogP contribution in [0.1, 0.15) is 13.8 Å². The first-order chi connectivity index (χ1) is 17.7. The number of piperazine rings is 1. The molecule has 1 aromatic heterocycles. The second kappa shape index (κ2) is 9.52. The summed E-state index contributed by atoms with van der Waals surface area (Å²) in [5.74, 6) is -0.303. The number of aromatic nitrogens is 2. The highest BCUT2D eigenvalue weighted by Gasteiger charge is 2.34. The lowest BCUT2D eigenvalue weighted by Crippen LogP contribution is -2.58. The first kappa shape index (κ1) is 24.8. The van der Waals surface area contributed by atoms with Crippen LogP contribution in [-0.2, 0) is 4.79 Å². The molecule has 37 heavy (non-hydrogen) atoms. The van der Waals surface area contributed by atoms with Crippen LogP contribution in [0.15, 0.2) is 55.1 Å². The van der Waals surface area contributed by atoms with E-state index >= 15 is 4.39 Å². The van der Waals surface area contributed by atoms with Gasteiger partial charge in [0, 0.05) is 36.1 Å². The van der Waals surface area contributed by atoms with Crippen LogP contribution in [0.4, 0.5) is 10.2 Å². The van der Waals surface area contributed by atoms with Crippen molar-refractivity contribution >= 4 is 45.0 Å². The first-order valence-corrected chi connectivity index (χ1v) is 12.3. The molecule has 1 fully saturated rings. The standard InChI is InChI=1S/C28H26ClFN4O3/c1-5-23(36)33-13-16(3)34(14-15(33)2)27-21-12-22(29)24(25(30)26(21)31-28(32-27)37-4)20-11-18(35)10-17-8-6-7-9-19(17)20/h5-12,15-16,35H,1,13-14H2,2-4H3/t15-,16+/m1/s1. The lowest BCUT2D eigenvalue weighted by Gasteiger charge is -2.44. The van der Waals surface area contributed by atoms with Gasteiger partial charge in [0.1, 0.15) is 17.1 Å². The number of methoxy groups -OCH3 is 1. The van der Waals surface area contributed by atoms with E-state index in [0.29, 0.717) is 29.9 Å². The van der Waals surface area contributed by atoms with Gasteiger partial charge in [-0.15, -0.1) is 0 Å². The summed E-state index contributed by atoms with van der Waals surface area (Å²) in [5.41, 5.74) is 0.645. The van der Waals surface area contributed by atoms with E-state index in [-0.39, 0.29) is 45.9 Å². The van der Waals surface area contributed by atoms with Crippen molar-refractivity contribution in [2.75, 3.05) is 25.1 Å². The van der Waals surface area contributed by atoms with Gasteiger partial charge in [0.2, 0.25) is 5.91 Å². The van der Waals surface area contributed by atoms with Crippen LogP contribution in [0.3, 0.4) is 0 Å². The molecule has 0 bridgehead atoms. The minimum atomic E-state index is -0.638. The number of ether oxygens (including phenoxy) is 1. The Morgan fingerprint density at radius 1 is 1.16 bits per heavy atom. The number of benzene rings is 3. The molecule has 0 aliphatic carbocycles. The average molecular weight is 521 g/mol. The minimum absolute atomic E-state index is 0.0000228. The summed E-state index contributed by atoms with van der Waals surface area (Å²) in [5, 5.41) is 12.4. The Balaban J connectivity index is 1.71. The normalized spacial score (nSPS) is 17.9. The van der Waals surface area contributed by atoms with Crippen LogP contribution in [0.2, 0.25) is 5.02 Å². The lowest BCUT2D eigenvalue weighted by molar-refractivity contribution is -0.128. The van der Waals surface area contributed by atoms with Crippen molar-refractivity contribution in [2.24, 2.45) is 0 Å². The Morgan fingerprint density at radius 2 is 1.92 bits per heavy atom. The molecule has 0 radical (unpaired) electrons. The molecule has 1 saturated heterocycles. The summed E-state index contributed by atoms with van der Waals surface area (Å²) >= 11 is 6.74. The van der Waals surface area contributed by atoms with Crippen LogP contribution in [0.5, 0.6) is 11.8 Å². The zero-order valence-electron chi connectivity index (χ0n) is 20.7. The number of phenols is 1. The lowest BCUT2D eigenvalue weighted by atomic mass is 9.96. The summed E-state index contributed by atoms with van der Waals surface area (Å²) < 4.78 is 21.7. The number of carbonyl (C=O) groups is 1. The van der Waals surface area contributed by atoms with E-state index < -0.39 is 5.82 Å². The highest BCUT2D eigenvalue weighted by molar-refractivity contribution is 6.35. The maximum absolute atomic E-state index is 16.3.